The van der Waals surface area contributed by atoms with Crippen LogP contribution >= 0.6 is 0 Å². The minimum Gasteiger partial charge on any atom is -0.469 e. The van der Waals surface area contributed by atoms with Gasteiger partial charge in [-0.1, -0.05) is 0 Å². The highest BCUT2D eigenvalue weighted by Crippen LogP contribution is 2.63. The number of hydrogen-bond acceptors (Lipinski definition) is 4. The molecule has 0 N–H and O–H groups in total. The summed E-state index contributed by atoms with van der Waals surface area (Å²) in [5, 5.41) is 0. The van der Waals surface area contributed by atoms with Crippen molar-refractivity contribution in [1.29, 1.82) is 0 Å². The molecule has 4 heteroatoms. The summed E-state index contributed by atoms with van der Waals surface area (Å²) < 4.78 is 11.1. The Labute approximate surface area is 92.6 Å². The summed E-state index contributed by atoms with van der Waals surface area (Å²) in [6, 6.07) is 0. The molecule has 2 bridgehead atoms. The predicted octanol–water partition coefficient (Wildman–Crippen LogP) is 0.955. The molecule has 84 valence electrons. The molecule has 4 rings (SSSR count). The van der Waals surface area contributed by atoms with Gasteiger partial charge in [-0.25, -0.2) is 0 Å². The Morgan fingerprint density at radius 2 is 2.25 bits per heavy atom. The molecule has 2 spiro atoms. The number of ketones is 2. The number of Topliss-reactive ketones (excluding diaryl/α,β-unsaturated/α-hetero) is 1. The van der Waals surface area contributed by atoms with Gasteiger partial charge in [0.2, 0.25) is 0 Å². The standard InChI is InChI=1S/C12H12O4/c13-8-1-7-3-12-5-11(7,4-8)9(14)2-10(12)15-6-16-12/h2,7H,1,3-6H2/t7-,11-,12+/m1/s1. The zero-order chi connectivity index (χ0) is 11.0. The van der Waals surface area contributed by atoms with E-state index in [4.69, 9.17) is 9.47 Å². The summed E-state index contributed by atoms with van der Waals surface area (Å²) >= 11 is 0. The normalized spacial score (nSPS) is 48.8. The highest BCUT2D eigenvalue weighted by Gasteiger charge is 2.67. The van der Waals surface area contributed by atoms with E-state index in [0.717, 1.165) is 6.42 Å². The molecule has 16 heavy (non-hydrogen) atoms. The Kier molecular flexibility index (Phi) is 1.34. The first-order valence-corrected chi connectivity index (χ1v) is 5.70. The van der Waals surface area contributed by atoms with Crippen LogP contribution in [0.15, 0.2) is 11.8 Å². The van der Waals surface area contributed by atoms with Crippen LogP contribution in [0.3, 0.4) is 0 Å². The van der Waals surface area contributed by atoms with Crippen molar-refractivity contribution >= 4 is 11.6 Å². The van der Waals surface area contributed by atoms with Crippen molar-refractivity contribution in [2.24, 2.45) is 11.3 Å². The Morgan fingerprint density at radius 3 is 3.12 bits per heavy atom. The first-order valence-electron chi connectivity index (χ1n) is 5.70. The minimum absolute atomic E-state index is 0.0805. The fourth-order valence-corrected chi connectivity index (χ4v) is 4.01. The van der Waals surface area contributed by atoms with Crippen LogP contribution in [0.2, 0.25) is 0 Å². The van der Waals surface area contributed by atoms with Crippen molar-refractivity contribution in [1.82, 2.24) is 0 Å². The van der Waals surface area contributed by atoms with E-state index < -0.39 is 5.41 Å². The molecule has 1 heterocycles. The maximum atomic E-state index is 12.2. The van der Waals surface area contributed by atoms with Gasteiger partial charge >= 0.3 is 0 Å². The summed E-state index contributed by atoms with van der Waals surface area (Å²) in [7, 11) is 0. The molecule has 1 saturated heterocycles. The van der Waals surface area contributed by atoms with Gasteiger partial charge in [0, 0.05) is 24.3 Å². The van der Waals surface area contributed by atoms with Crippen LogP contribution in [0.5, 0.6) is 0 Å². The third-order valence-corrected chi connectivity index (χ3v) is 4.70. The SMILES string of the molecule is O=C1C[C@@H]2C[C@]34C[C@@]2(C1)C(=O)C=C3OCO4. The van der Waals surface area contributed by atoms with Crippen LogP contribution in [0.1, 0.15) is 25.7 Å². The predicted molar refractivity (Wildman–Crippen MR) is 52.3 cm³/mol. The van der Waals surface area contributed by atoms with Crippen molar-refractivity contribution in [2.45, 2.75) is 31.3 Å². The van der Waals surface area contributed by atoms with Crippen molar-refractivity contribution in [2.75, 3.05) is 6.79 Å². The van der Waals surface area contributed by atoms with Crippen molar-refractivity contribution < 1.29 is 19.1 Å². The lowest BCUT2D eigenvalue weighted by molar-refractivity contribution is -0.129. The maximum absolute atomic E-state index is 12.2. The Hall–Kier alpha value is -1.16. The number of carbonyl (C=O) groups is 2. The van der Waals surface area contributed by atoms with Crippen molar-refractivity contribution in [3.63, 3.8) is 0 Å². The first kappa shape index (κ1) is 8.93. The van der Waals surface area contributed by atoms with Crippen LogP contribution in [0.25, 0.3) is 0 Å². The zero-order valence-corrected chi connectivity index (χ0v) is 8.82. The lowest BCUT2D eigenvalue weighted by Gasteiger charge is -2.31. The van der Waals surface area contributed by atoms with Gasteiger partial charge in [0.25, 0.3) is 0 Å². The molecular formula is C12H12O4. The lowest BCUT2D eigenvalue weighted by atomic mass is 9.73. The molecule has 0 radical (unpaired) electrons. The summed E-state index contributed by atoms with van der Waals surface area (Å²) in [5.41, 5.74) is -0.826. The van der Waals surface area contributed by atoms with E-state index in [1.165, 1.54) is 0 Å². The van der Waals surface area contributed by atoms with Crippen LogP contribution in [-0.4, -0.2) is 24.0 Å². The molecule has 4 nitrogen and oxygen atoms in total. The summed E-state index contributed by atoms with van der Waals surface area (Å²) in [6.45, 7) is 0.246. The molecule has 0 aromatic carbocycles. The third kappa shape index (κ3) is 0.786. The monoisotopic (exact) mass is 220 g/mol. The van der Waals surface area contributed by atoms with Gasteiger partial charge in [-0.05, 0) is 18.8 Å². The smallest absolute Gasteiger partial charge is 0.189 e. The van der Waals surface area contributed by atoms with E-state index in [9.17, 15) is 9.59 Å². The third-order valence-electron chi connectivity index (χ3n) is 4.70. The fourth-order valence-electron chi connectivity index (χ4n) is 4.01. The largest absolute Gasteiger partial charge is 0.469 e. The number of ether oxygens (including phenoxy) is 2. The highest BCUT2D eigenvalue weighted by molar-refractivity contribution is 6.03. The zero-order valence-electron chi connectivity index (χ0n) is 8.82. The summed E-state index contributed by atoms with van der Waals surface area (Å²) in [4.78, 5) is 23.7. The molecule has 0 aromatic rings. The molecule has 3 atom stereocenters. The average Bonchev–Trinajstić information content (AvgIpc) is 2.79. The highest BCUT2D eigenvalue weighted by atomic mass is 16.7. The molecule has 4 aliphatic rings. The minimum atomic E-state index is -0.450. The van der Waals surface area contributed by atoms with Crippen LogP contribution in [-0.2, 0) is 19.1 Å². The van der Waals surface area contributed by atoms with E-state index in [1.54, 1.807) is 6.08 Å². The van der Waals surface area contributed by atoms with Crippen LogP contribution in [0.4, 0.5) is 0 Å². The van der Waals surface area contributed by atoms with Crippen LogP contribution < -0.4 is 0 Å². The summed E-state index contributed by atoms with van der Waals surface area (Å²) in [6.07, 6.45) is 3.95. The molecule has 0 unspecified atom stereocenters. The second-order valence-corrected chi connectivity index (χ2v) is 5.43. The second-order valence-electron chi connectivity index (χ2n) is 5.43. The quantitative estimate of drug-likeness (QED) is 0.610. The second kappa shape index (κ2) is 2.40. The fraction of sp³-hybridized carbons (Fsp3) is 0.667. The average molecular weight is 220 g/mol. The number of rotatable bonds is 0. The Morgan fingerprint density at radius 1 is 1.38 bits per heavy atom. The molecule has 1 aliphatic heterocycles. The van der Waals surface area contributed by atoms with Crippen molar-refractivity contribution in [3.05, 3.63) is 11.8 Å². The van der Waals surface area contributed by atoms with Gasteiger partial charge in [0.1, 0.15) is 17.1 Å². The number of carbonyl (C=O) groups excluding carboxylic acids is 2. The Balaban J connectivity index is 1.89. The first-order chi connectivity index (χ1) is 7.65. The van der Waals surface area contributed by atoms with E-state index in [1.807, 2.05) is 0 Å². The Bertz CT molecular complexity index is 452. The molecule has 0 amide bonds. The lowest BCUT2D eigenvalue weighted by Crippen LogP contribution is -2.38. The van der Waals surface area contributed by atoms with Gasteiger partial charge in [-0.15, -0.1) is 0 Å². The number of allylic oxidation sites excluding steroid dienone is 1. The van der Waals surface area contributed by atoms with Gasteiger partial charge in [0.05, 0.1) is 0 Å². The van der Waals surface area contributed by atoms with E-state index >= 15 is 0 Å². The maximum Gasteiger partial charge on any atom is 0.189 e. The van der Waals surface area contributed by atoms with Crippen LogP contribution in [0, 0.1) is 11.3 Å². The van der Waals surface area contributed by atoms with Crippen molar-refractivity contribution in [3.8, 4) is 0 Å². The molecule has 3 fully saturated rings. The topological polar surface area (TPSA) is 52.6 Å². The van der Waals surface area contributed by atoms with Gasteiger partial charge < -0.3 is 9.47 Å². The van der Waals surface area contributed by atoms with E-state index in [2.05, 4.69) is 0 Å². The molecule has 3 aliphatic carbocycles. The van der Waals surface area contributed by atoms with E-state index in [0.29, 0.717) is 25.0 Å². The molecular weight excluding hydrogens is 208 g/mol. The summed E-state index contributed by atoms with van der Waals surface area (Å²) in [5.74, 6) is 1.17. The molecule has 2 saturated carbocycles. The number of hydrogen-bond donors (Lipinski definition) is 0. The van der Waals surface area contributed by atoms with E-state index in [-0.39, 0.29) is 29.9 Å². The van der Waals surface area contributed by atoms with Gasteiger partial charge in [-0.2, -0.15) is 0 Å². The molecule has 0 aromatic heterocycles. The van der Waals surface area contributed by atoms with Gasteiger partial charge in [-0.3, -0.25) is 9.59 Å². The van der Waals surface area contributed by atoms with Gasteiger partial charge in [0.15, 0.2) is 12.6 Å².